The van der Waals surface area contributed by atoms with Gasteiger partial charge in [-0.2, -0.15) is 0 Å². The number of nitrogens with two attached hydrogens (primary N) is 1. The third-order valence-corrected chi connectivity index (χ3v) is 6.41. The number of rotatable bonds is 3. The standard InChI is InChI=1S/C13H18BrNO3S/c1-18-10-3-2-4-11(8-10)19(16,17)13-6-5-9(14)7-12(13)15/h5-7,10-11H,2-4,8,15H2,1H3. The van der Waals surface area contributed by atoms with E-state index in [1.54, 1.807) is 25.3 Å². The number of nitrogen functional groups attached to an aromatic ring is 1. The fraction of sp³-hybridized carbons (Fsp3) is 0.538. The summed E-state index contributed by atoms with van der Waals surface area (Å²) < 4.78 is 31.3. The van der Waals surface area contributed by atoms with E-state index in [0.717, 1.165) is 17.3 Å². The van der Waals surface area contributed by atoms with Gasteiger partial charge in [0.2, 0.25) is 0 Å². The molecule has 2 atom stereocenters. The Hall–Kier alpha value is -0.590. The lowest BCUT2D eigenvalue weighted by atomic mass is 9.97. The molecule has 6 heteroatoms. The maximum atomic E-state index is 12.6. The number of hydrogen-bond donors (Lipinski definition) is 1. The highest BCUT2D eigenvalue weighted by Crippen LogP contribution is 2.33. The van der Waals surface area contributed by atoms with E-state index >= 15 is 0 Å². The monoisotopic (exact) mass is 347 g/mol. The first kappa shape index (κ1) is 14.8. The molecular formula is C13H18BrNO3S. The van der Waals surface area contributed by atoms with Crippen molar-refractivity contribution in [1.29, 1.82) is 0 Å². The number of sulfone groups is 1. The molecule has 0 spiro atoms. The lowest BCUT2D eigenvalue weighted by Crippen LogP contribution is -2.32. The molecule has 0 heterocycles. The van der Waals surface area contributed by atoms with Crippen LogP contribution in [0.5, 0.6) is 0 Å². The Bertz CT molecular complexity index is 559. The molecule has 0 aliphatic heterocycles. The van der Waals surface area contributed by atoms with Gasteiger partial charge in [0.15, 0.2) is 9.84 Å². The lowest BCUT2D eigenvalue weighted by molar-refractivity contribution is 0.0720. The van der Waals surface area contributed by atoms with Crippen LogP contribution in [0.3, 0.4) is 0 Å². The van der Waals surface area contributed by atoms with Crippen molar-refractivity contribution in [2.24, 2.45) is 0 Å². The fourth-order valence-electron chi connectivity index (χ4n) is 2.56. The van der Waals surface area contributed by atoms with Gasteiger partial charge >= 0.3 is 0 Å². The van der Waals surface area contributed by atoms with Crippen molar-refractivity contribution in [3.8, 4) is 0 Å². The maximum absolute atomic E-state index is 12.6. The van der Waals surface area contributed by atoms with Gasteiger partial charge in [-0.15, -0.1) is 0 Å². The van der Waals surface area contributed by atoms with Crippen molar-refractivity contribution in [2.45, 2.75) is 41.9 Å². The molecular weight excluding hydrogens is 330 g/mol. The Morgan fingerprint density at radius 3 is 2.74 bits per heavy atom. The zero-order valence-electron chi connectivity index (χ0n) is 10.8. The first-order chi connectivity index (χ1) is 8.95. The van der Waals surface area contributed by atoms with E-state index in [0.29, 0.717) is 18.5 Å². The predicted octanol–water partition coefficient (Wildman–Crippen LogP) is 2.76. The number of benzene rings is 1. The van der Waals surface area contributed by atoms with Crippen LogP contribution >= 0.6 is 15.9 Å². The van der Waals surface area contributed by atoms with E-state index in [9.17, 15) is 8.42 Å². The van der Waals surface area contributed by atoms with Gasteiger partial charge < -0.3 is 10.5 Å². The molecule has 2 N–H and O–H groups in total. The summed E-state index contributed by atoms with van der Waals surface area (Å²) in [6.45, 7) is 0. The van der Waals surface area contributed by atoms with Gasteiger partial charge in [-0.3, -0.25) is 0 Å². The SMILES string of the molecule is COC1CCCC(S(=O)(=O)c2ccc(Br)cc2N)C1. The van der Waals surface area contributed by atoms with E-state index in [2.05, 4.69) is 15.9 Å². The molecule has 0 radical (unpaired) electrons. The number of anilines is 1. The van der Waals surface area contributed by atoms with Gasteiger partial charge in [0, 0.05) is 11.6 Å². The van der Waals surface area contributed by atoms with E-state index in [-0.39, 0.29) is 11.0 Å². The molecule has 2 rings (SSSR count). The molecule has 0 amide bonds. The van der Waals surface area contributed by atoms with Crippen LogP contribution in [-0.4, -0.2) is 26.9 Å². The molecule has 0 bridgehead atoms. The number of hydrogen-bond acceptors (Lipinski definition) is 4. The molecule has 0 aromatic heterocycles. The summed E-state index contributed by atoms with van der Waals surface area (Å²) in [5.41, 5.74) is 6.14. The third-order valence-electron chi connectivity index (χ3n) is 3.63. The minimum atomic E-state index is -3.38. The van der Waals surface area contributed by atoms with Gasteiger partial charge in [0.05, 0.1) is 21.9 Å². The van der Waals surface area contributed by atoms with Crippen LogP contribution in [0.25, 0.3) is 0 Å². The minimum absolute atomic E-state index is 0.0326. The van der Waals surface area contributed by atoms with Crippen molar-refractivity contribution >= 4 is 31.5 Å². The Balaban J connectivity index is 2.31. The number of ether oxygens (including phenoxy) is 1. The highest BCUT2D eigenvalue weighted by atomic mass is 79.9. The van der Waals surface area contributed by atoms with Crippen LogP contribution in [0.15, 0.2) is 27.6 Å². The quantitative estimate of drug-likeness (QED) is 0.853. The summed E-state index contributed by atoms with van der Waals surface area (Å²) in [7, 11) is -1.75. The second-order valence-electron chi connectivity index (χ2n) is 4.87. The molecule has 4 nitrogen and oxygen atoms in total. The average molecular weight is 348 g/mol. The summed E-state index contributed by atoms with van der Waals surface area (Å²) in [4.78, 5) is 0.234. The normalized spacial score (nSPS) is 24.3. The van der Waals surface area contributed by atoms with Crippen molar-refractivity contribution in [3.05, 3.63) is 22.7 Å². The van der Waals surface area contributed by atoms with Gasteiger partial charge in [-0.05, 0) is 43.9 Å². The molecule has 1 aromatic rings. The molecule has 106 valence electrons. The van der Waals surface area contributed by atoms with Gasteiger partial charge in [0.1, 0.15) is 0 Å². The highest BCUT2D eigenvalue weighted by Gasteiger charge is 2.34. The first-order valence-corrected chi connectivity index (χ1v) is 8.61. The molecule has 0 saturated heterocycles. The fourth-order valence-corrected chi connectivity index (χ4v) is 4.88. The van der Waals surface area contributed by atoms with Crippen LogP contribution in [0.4, 0.5) is 5.69 Å². The van der Waals surface area contributed by atoms with Crippen LogP contribution in [0.2, 0.25) is 0 Å². The first-order valence-electron chi connectivity index (χ1n) is 6.27. The third kappa shape index (κ3) is 3.12. The summed E-state index contributed by atoms with van der Waals surface area (Å²) in [6.07, 6.45) is 3.06. The van der Waals surface area contributed by atoms with Crippen LogP contribution in [0.1, 0.15) is 25.7 Å². The molecule has 2 unspecified atom stereocenters. The molecule has 19 heavy (non-hydrogen) atoms. The summed E-state index contributed by atoms with van der Waals surface area (Å²) in [5, 5.41) is -0.394. The van der Waals surface area contributed by atoms with Crippen LogP contribution in [-0.2, 0) is 14.6 Å². The Morgan fingerprint density at radius 2 is 2.11 bits per heavy atom. The van der Waals surface area contributed by atoms with E-state index < -0.39 is 15.1 Å². The van der Waals surface area contributed by atoms with E-state index in [4.69, 9.17) is 10.5 Å². The largest absolute Gasteiger partial charge is 0.398 e. The van der Waals surface area contributed by atoms with Gasteiger partial charge in [-0.1, -0.05) is 15.9 Å². The maximum Gasteiger partial charge on any atom is 0.183 e. The molecule has 1 fully saturated rings. The second kappa shape index (κ2) is 5.81. The van der Waals surface area contributed by atoms with E-state index in [1.807, 2.05) is 0 Å². The second-order valence-corrected chi connectivity index (χ2v) is 7.99. The summed E-state index contributed by atoms with van der Waals surface area (Å²) >= 11 is 3.28. The van der Waals surface area contributed by atoms with Crippen LogP contribution < -0.4 is 5.73 Å². The van der Waals surface area contributed by atoms with Crippen LogP contribution in [0, 0.1) is 0 Å². The number of halogens is 1. The Kier molecular flexibility index (Phi) is 4.53. The average Bonchev–Trinajstić information content (AvgIpc) is 2.38. The summed E-state index contributed by atoms with van der Waals surface area (Å²) in [6, 6.07) is 4.91. The van der Waals surface area contributed by atoms with E-state index in [1.165, 1.54) is 0 Å². The smallest absolute Gasteiger partial charge is 0.183 e. The number of methoxy groups -OCH3 is 1. The molecule has 1 aromatic carbocycles. The van der Waals surface area contributed by atoms with Crippen molar-refractivity contribution in [1.82, 2.24) is 0 Å². The van der Waals surface area contributed by atoms with Crippen molar-refractivity contribution < 1.29 is 13.2 Å². The highest BCUT2D eigenvalue weighted by molar-refractivity contribution is 9.10. The molecule has 1 aliphatic rings. The topological polar surface area (TPSA) is 69.4 Å². The molecule has 1 aliphatic carbocycles. The zero-order chi connectivity index (χ0) is 14.0. The lowest BCUT2D eigenvalue weighted by Gasteiger charge is -2.28. The summed E-state index contributed by atoms with van der Waals surface area (Å²) in [5.74, 6) is 0. The zero-order valence-corrected chi connectivity index (χ0v) is 13.2. The van der Waals surface area contributed by atoms with Crippen molar-refractivity contribution in [2.75, 3.05) is 12.8 Å². The van der Waals surface area contributed by atoms with Crippen molar-refractivity contribution in [3.63, 3.8) is 0 Å². The Labute approximate surface area is 122 Å². The molecule has 1 saturated carbocycles. The van der Waals surface area contributed by atoms with Gasteiger partial charge in [-0.25, -0.2) is 8.42 Å². The minimum Gasteiger partial charge on any atom is -0.398 e. The Morgan fingerprint density at radius 1 is 1.37 bits per heavy atom. The predicted molar refractivity (Wildman–Crippen MR) is 78.8 cm³/mol. The van der Waals surface area contributed by atoms with Gasteiger partial charge in [0.25, 0.3) is 0 Å².